The number of ether oxygens (including phenoxy) is 1. The van der Waals surface area contributed by atoms with Crippen molar-refractivity contribution >= 4 is 8.07 Å². The Bertz CT molecular complexity index is 200. The van der Waals surface area contributed by atoms with E-state index >= 15 is 0 Å². The van der Waals surface area contributed by atoms with Gasteiger partial charge in [-0.05, 0) is 5.57 Å². The second-order valence-electron chi connectivity index (χ2n) is 4.46. The molecule has 0 N–H and O–H groups in total. The average molecular weight is 182 g/mol. The van der Waals surface area contributed by atoms with Gasteiger partial charge in [0.05, 0.1) is 20.8 Å². The molecule has 1 atom stereocenters. The van der Waals surface area contributed by atoms with Gasteiger partial charge in [0, 0.05) is 6.42 Å². The maximum Gasteiger partial charge on any atom is 0.0795 e. The van der Waals surface area contributed by atoms with Crippen molar-refractivity contribution in [3.8, 4) is 0 Å². The molecule has 0 bridgehead atoms. The Balaban J connectivity index is 2.57. The van der Waals surface area contributed by atoms with Gasteiger partial charge >= 0.3 is 0 Å². The summed E-state index contributed by atoms with van der Waals surface area (Å²) >= 11 is 0. The van der Waals surface area contributed by atoms with E-state index in [-0.39, 0.29) is 6.10 Å². The van der Waals surface area contributed by atoms with Crippen LogP contribution in [0, 0.1) is 0 Å². The van der Waals surface area contributed by atoms with Gasteiger partial charge in [0.15, 0.2) is 0 Å². The number of hydrogen-bond acceptors (Lipinski definition) is 1. The van der Waals surface area contributed by atoms with Gasteiger partial charge in [-0.2, -0.15) is 0 Å². The van der Waals surface area contributed by atoms with Crippen LogP contribution >= 0.6 is 0 Å². The van der Waals surface area contributed by atoms with Crippen LogP contribution in [0.15, 0.2) is 23.9 Å². The summed E-state index contributed by atoms with van der Waals surface area (Å²) in [6, 6.07) is 0. The highest BCUT2D eigenvalue weighted by Crippen LogP contribution is 2.21. The fraction of sp³-hybridized carbons (Fsp3) is 0.600. The second-order valence-corrected chi connectivity index (χ2v) is 9.48. The molecular weight excluding hydrogens is 164 g/mol. The van der Waals surface area contributed by atoms with E-state index in [2.05, 4.69) is 31.9 Å². The Kier molecular flexibility index (Phi) is 2.91. The molecule has 2 heteroatoms. The Labute approximate surface area is 76.1 Å². The molecule has 0 unspecified atom stereocenters. The zero-order valence-electron chi connectivity index (χ0n) is 8.26. The van der Waals surface area contributed by atoms with Gasteiger partial charge in [0.2, 0.25) is 0 Å². The first-order chi connectivity index (χ1) is 5.51. The first-order valence-corrected chi connectivity index (χ1v) is 8.04. The summed E-state index contributed by atoms with van der Waals surface area (Å²) in [5.41, 5.74) is 3.91. The molecule has 0 radical (unpaired) electrons. The molecule has 1 aliphatic rings. The summed E-state index contributed by atoms with van der Waals surface area (Å²) in [6.45, 7) is 11.6. The van der Waals surface area contributed by atoms with E-state index in [4.69, 9.17) is 4.74 Å². The molecule has 1 aliphatic heterocycles. The van der Waals surface area contributed by atoms with Crippen molar-refractivity contribution in [3.05, 3.63) is 23.9 Å². The van der Waals surface area contributed by atoms with Crippen molar-refractivity contribution in [2.45, 2.75) is 32.2 Å². The summed E-state index contributed by atoms with van der Waals surface area (Å²) in [4.78, 5) is 0. The van der Waals surface area contributed by atoms with Gasteiger partial charge in [0.1, 0.15) is 0 Å². The maximum atomic E-state index is 5.50. The first kappa shape index (κ1) is 9.74. The highest BCUT2D eigenvalue weighted by Gasteiger charge is 2.19. The molecule has 0 aromatic rings. The van der Waals surface area contributed by atoms with Crippen molar-refractivity contribution in [3.63, 3.8) is 0 Å². The summed E-state index contributed by atoms with van der Waals surface area (Å²) in [6.07, 6.45) is 3.23. The Hall–Kier alpha value is -0.343. The highest BCUT2D eigenvalue weighted by molar-refractivity contribution is 6.81. The van der Waals surface area contributed by atoms with Gasteiger partial charge in [-0.3, -0.25) is 0 Å². The van der Waals surface area contributed by atoms with E-state index in [1.54, 1.807) is 0 Å². The molecule has 1 nitrogen and oxygen atoms in total. The lowest BCUT2D eigenvalue weighted by molar-refractivity contribution is 0.150. The lowest BCUT2D eigenvalue weighted by atomic mass is 10.2. The van der Waals surface area contributed by atoms with Gasteiger partial charge in [-0.1, -0.05) is 31.4 Å². The third kappa shape index (κ3) is 2.95. The van der Waals surface area contributed by atoms with Crippen LogP contribution in [0.3, 0.4) is 0 Å². The van der Waals surface area contributed by atoms with Crippen molar-refractivity contribution in [1.82, 2.24) is 0 Å². The van der Waals surface area contributed by atoms with E-state index in [0.29, 0.717) is 0 Å². The third-order valence-electron chi connectivity index (χ3n) is 1.85. The van der Waals surface area contributed by atoms with Crippen molar-refractivity contribution < 1.29 is 4.74 Å². The normalized spacial score (nSPS) is 27.9. The van der Waals surface area contributed by atoms with E-state index in [9.17, 15) is 0 Å². The molecule has 0 aliphatic carbocycles. The van der Waals surface area contributed by atoms with E-state index < -0.39 is 8.07 Å². The monoisotopic (exact) mass is 182 g/mol. The van der Waals surface area contributed by atoms with Crippen LogP contribution in [0.4, 0.5) is 0 Å². The van der Waals surface area contributed by atoms with E-state index in [1.165, 1.54) is 5.57 Å². The number of rotatable bonds is 2. The van der Waals surface area contributed by atoms with Crippen LogP contribution < -0.4 is 0 Å². The fourth-order valence-corrected chi connectivity index (χ4v) is 2.88. The van der Waals surface area contributed by atoms with Gasteiger partial charge in [-0.15, -0.1) is 6.58 Å². The Morgan fingerprint density at radius 1 is 1.50 bits per heavy atom. The van der Waals surface area contributed by atoms with Crippen molar-refractivity contribution in [2.75, 3.05) is 6.61 Å². The standard InChI is InChI=1S/C10H18OSi/c1-5-10-6-9(7-11-10)8-12(2,3)4/h5,8,10H,1,6-7H2,2-4H3/b9-8-/t10-/m0/s1. The van der Waals surface area contributed by atoms with Gasteiger partial charge in [0.25, 0.3) is 0 Å². The third-order valence-corrected chi connectivity index (χ3v) is 3.12. The molecule has 1 saturated heterocycles. The van der Waals surface area contributed by atoms with Crippen LogP contribution in [-0.2, 0) is 4.74 Å². The predicted molar refractivity (Wildman–Crippen MR) is 56.0 cm³/mol. The first-order valence-electron chi connectivity index (χ1n) is 4.46. The Morgan fingerprint density at radius 2 is 2.17 bits per heavy atom. The molecular formula is C10H18OSi. The zero-order valence-corrected chi connectivity index (χ0v) is 9.26. The zero-order chi connectivity index (χ0) is 9.19. The van der Waals surface area contributed by atoms with Crippen LogP contribution in [0.1, 0.15) is 6.42 Å². The maximum absolute atomic E-state index is 5.50. The smallest absolute Gasteiger partial charge is 0.0795 e. The molecule has 12 heavy (non-hydrogen) atoms. The fourth-order valence-electron chi connectivity index (χ4n) is 1.45. The minimum Gasteiger partial charge on any atom is -0.370 e. The largest absolute Gasteiger partial charge is 0.370 e. The van der Waals surface area contributed by atoms with Crippen molar-refractivity contribution in [2.24, 2.45) is 0 Å². The topological polar surface area (TPSA) is 9.23 Å². The lowest BCUT2D eigenvalue weighted by Crippen LogP contribution is -2.17. The molecule has 1 rings (SSSR count). The van der Waals surface area contributed by atoms with Crippen LogP contribution in [0.2, 0.25) is 19.6 Å². The molecule has 0 aromatic heterocycles. The van der Waals surface area contributed by atoms with Crippen LogP contribution in [0.5, 0.6) is 0 Å². The van der Waals surface area contributed by atoms with Crippen LogP contribution in [-0.4, -0.2) is 20.8 Å². The minimum atomic E-state index is -1.04. The van der Waals surface area contributed by atoms with E-state index in [0.717, 1.165) is 13.0 Å². The minimum absolute atomic E-state index is 0.271. The van der Waals surface area contributed by atoms with Crippen LogP contribution in [0.25, 0.3) is 0 Å². The molecule has 0 amide bonds. The lowest BCUT2D eigenvalue weighted by Gasteiger charge is -2.10. The molecule has 1 fully saturated rings. The summed E-state index contributed by atoms with van der Waals surface area (Å²) < 4.78 is 5.50. The highest BCUT2D eigenvalue weighted by atomic mass is 28.3. The summed E-state index contributed by atoms with van der Waals surface area (Å²) in [5, 5.41) is 0. The number of hydrogen-bond donors (Lipinski definition) is 0. The molecule has 68 valence electrons. The molecule has 0 saturated carbocycles. The van der Waals surface area contributed by atoms with Gasteiger partial charge < -0.3 is 4.74 Å². The molecule has 0 spiro atoms. The molecule has 0 aromatic carbocycles. The average Bonchev–Trinajstić information content (AvgIpc) is 2.32. The summed E-state index contributed by atoms with van der Waals surface area (Å²) in [5.74, 6) is 0. The van der Waals surface area contributed by atoms with Crippen molar-refractivity contribution in [1.29, 1.82) is 0 Å². The van der Waals surface area contributed by atoms with E-state index in [1.807, 2.05) is 6.08 Å². The Morgan fingerprint density at radius 3 is 2.58 bits per heavy atom. The quantitative estimate of drug-likeness (QED) is 0.471. The SMILES string of the molecule is C=C[C@H]1C/C(=C/[Si](C)(C)C)CO1. The van der Waals surface area contributed by atoms with Gasteiger partial charge in [-0.25, -0.2) is 0 Å². The second kappa shape index (κ2) is 3.58. The predicted octanol–water partition coefficient (Wildman–Crippen LogP) is 2.77. The summed E-state index contributed by atoms with van der Waals surface area (Å²) in [7, 11) is -1.04. The molecule has 1 heterocycles.